The Morgan fingerprint density at radius 1 is 1.53 bits per heavy atom. The number of carbonyl (C=O) groups is 1. The topological polar surface area (TPSA) is 61.5 Å². The maximum absolute atomic E-state index is 11.0. The first kappa shape index (κ1) is 11.8. The fourth-order valence-corrected chi connectivity index (χ4v) is 1.36. The van der Waals surface area contributed by atoms with Gasteiger partial charge in [0.25, 0.3) is 0 Å². The standard InChI is InChI=1S/C10H12BrNO3/c1-2-14-9(13)6-15-8-5-3-4-7(12)10(8)11/h3-5H,2,6,12H2,1H3. The van der Waals surface area contributed by atoms with Crippen LogP contribution in [0.3, 0.4) is 0 Å². The lowest BCUT2D eigenvalue weighted by Crippen LogP contribution is -2.14. The van der Waals surface area contributed by atoms with Crippen LogP contribution in [0.4, 0.5) is 5.69 Å². The third kappa shape index (κ3) is 3.43. The van der Waals surface area contributed by atoms with E-state index in [9.17, 15) is 4.79 Å². The quantitative estimate of drug-likeness (QED) is 0.673. The van der Waals surface area contributed by atoms with Gasteiger partial charge < -0.3 is 15.2 Å². The number of benzene rings is 1. The number of esters is 1. The van der Waals surface area contributed by atoms with Crippen LogP contribution in [0.25, 0.3) is 0 Å². The number of carbonyl (C=O) groups excluding carboxylic acids is 1. The first-order valence-corrected chi connectivity index (χ1v) is 5.27. The van der Waals surface area contributed by atoms with E-state index in [1.807, 2.05) is 0 Å². The van der Waals surface area contributed by atoms with Crippen LogP contribution < -0.4 is 10.5 Å². The molecule has 0 aromatic heterocycles. The Kier molecular flexibility index (Phi) is 4.42. The van der Waals surface area contributed by atoms with Crippen molar-refractivity contribution in [1.29, 1.82) is 0 Å². The van der Waals surface area contributed by atoms with Gasteiger partial charge >= 0.3 is 5.97 Å². The molecule has 1 aromatic rings. The average Bonchev–Trinajstić information content (AvgIpc) is 2.21. The maximum atomic E-state index is 11.0. The van der Waals surface area contributed by atoms with Crippen LogP contribution in [0.2, 0.25) is 0 Å². The maximum Gasteiger partial charge on any atom is 0.344 e. The Morgan fingerprint density at radius 3 is 2.93 bits per heavy atom. The van der Waals surface area contributed by atoms with Crippen molar-refractivity contribution in [3.05, 3.63) is 22.7 Å². The minimum absolute atomic E-state index is 0.115. The monoisotopic (exact) mass is 273 g/mol. The van der Waals surface area contributed by atoms with Crippen molar-refractivity contribution in [3.8, 4) is 5.75 Å². The van der Waals surface area contributed by atoms with Crippen LogP contribution >= 0.6 is 15.9 Å². The Bertz CT molecular complexity index is 355. The molecule has 2 N–H and O–H groups in total. The van der Waals surface area contributed by atoms with Crippen molar-refractivity contribution in [2.24, 2.45) is 0 Å². The second kappa shape index (κ2) is 5.60. The number of nitrogen functional groups attached to an aromatic ring is 1. The zero-order chi connectivity index (χ0) is 11.3. The van der Waals surface area contributed by atoms with Crippen molar-refractivity contribution in [2.45, 2.75) is 6.92 Å². The normalized spacial score (nSPS) is 9.73. The summed E-state index contributed by atoms with van der Waals surface area (Å²) in [5.74, 6) is 0.134. The molecule has 0 heterocycles. The van der Waals surface area contributed by atoms with E-state index in [0.29, 0.717) is 22.5 Å². The molecule has 0 amide bonds. The Morgan fingerprint density at radius 2 is 2.27 bits per heavy atom. The molecular formula is C10H12BrNO3. The first-order chi connectivity index (χ1) is 7.15. The van der Waals surface area contributed by atoms with Crippen LogP contribution in [-0.4, -0.2) is 19.2 Å². The van der Waals surface area contributed by atoms with Crippen molar-refractivity contribution < 1.29 is 14.3 Å². The molecule has 4 nitrogen and oxygen atoms in total. The molecule has 0 fully saturated rings. The molecule has 0 aliphatic rings. The summed E-state index contributed by atoms with van der Waals surface area (Å²) in [6.45, 7) is 1.98. The highest BCUT2D eigenvalue weighted by molar-refractivity contribution is 9.10. The second-order valence-corrected chi connectivity index (χ2v) is 3.55. The van der Waals surface area contributed by atoms with Crippen molar-refractivity contribution in [1.82, 2.24) is 0 Å². The molecule has 1 aromatic carbocycles. The lowest BCUT2D eigenvalue weighted by Gasteiger charge is -2.08. The zero-order valence-electron chi connectivity index (χ0n) is 8.33. The first-order valence-electron chi connectivity index (χ1n) is 4.47. The minimum Gasteiger partial charge on any atom is -0.481 e. The summed E-state index contributed by atoms with van der Waals surface area (Å²) in [6.07, 6.45) is 0. The molecule has 0 spiro atoms. The number of hydrogen-bond acceptors (Lipinski definition) is 4. The highest BCUT2D eigenvalue weighted by Gasteiger charge is 2.07. The van der Waals surface area contributed by atoms with E-state index in [0.717, 1.165) is 0 Å². The summed E-state index contributed by atoms with van der Waals surface area (Å²) < 4.78 is 10.6. The molecule has 5 heteroatoms. The molecular weight excluding hydrogens is 262 g/mol. The number of ether oxygens (including phenoxy) is 2. The van der Waals surface area contributed by atoms with E-state index in [-0.39, 0.29) is 6.61 Å². The predicted molar refractivity (Wildman–Crippen MR) is 60.7 cm³/mol. The number of nitrogens with two attached hydrogens (primary N) is 1. The van der Waals surface area contributed by atoms with E-state index in [1.54, 1.807) is 25.1 Å². The summed E-state index contributed by atoms with van der Waals surface area (Å²) >= 11 is 3.27. The predicted octanol–water partition coefficient (Wildman–Crippen LogP) is 1.97. The van der Waals surface area contributed by atoms with Gasteiger partial charge in [-0.25, -0.2) is 4.79 Å². The van der Waals surface area contributed by atoms with Crippen molar-refractivity contribution in [3.63, 3.8) is 0 Å². The van der Waals surface area contributed by atoms with E-state index >= 15 is 0 Å². The van der Waals surface area contributed by atoms with Gasteiger partial charge in [-0.2, -0.15) is 0 Å². The van der Waals surface area contributed by atoms with Crippen LogP contribution in [-0.2, 0) is 9.53 Å². The minimum atomic E-state index is -0.396. The van der Waals surface area contributed by atoms with Gasteiger partial charge in [-0.3, -0.25) is 0 Å². The van der Waals surface area contributed by atoms with E-state index in [1.165, 1.54) is 0 Å². The molecule has 82 valence electrons. The largest absolute Gasteiger partial charge is 0.481 e. The number of anilines is 1. The van der Waals surface area contributed by atoms with Crippen molar-refractivity contribution >= 4 is 27.6 Å². The highest BCUT2D eigenvalue weighted by atomic mass is 79.9. The Hall–Kier alpha value is -1.23. The molecule has 0 unspecified atom stereocenters. The molecule has 1 rings (SSSR count). The molecule has 0 aliphatic carbocycles. The summed E-state index contributed by atoms with van der Waals surface area (Å²) in [4.78, 5) is 11.0. The third-order valence-corrected chi connectivity index (χ3v) is 2.49. The van der Waals surface area contributed by atoms with Gasteiger partial charge in [-0.1, -0.05) is 6.07 Å². The van der Waals surface area contributed by atoms with Gasteiger partial charge in [0.2, 0.25) is 0 Å². The summed E-state index contributed by atoms with van der Waals surface area (Å²) in [5, 5.41) is 0. The number of halogens is 1. The lowest BCUT2D eigenvalue weighted by molar-refractivity contribution is -0.145. The van der Waals surface area contributed by atoms with Gasteiger partial charge in [0.05, 0.1) is 11.1 Å². The van der Waals surface area contributed by atoms with E-state index in [2.05, 4.69) is 15.9 Å². The third-order valence-electron chi connectivity index (χ3n) is 1.64. The van der Waals surface area contributed by atoms with Crippen LogP contribution in [0.1, 0.15) is 6.92 Å². The molecule has 0 saturated heterocycles. The summed E-state index contributed by atoms with van der Waals surface area (Å²) in [7, 11) is 0. The van der Waals surface area contributed by atoms with Crippen LogP contribution in [0.5, 0.6) is 5.75 Å². The molecule has 0 radical (unpaired) electrons. The number of hydrogen-bond donors (Lipinski definition) is 1. The fourth-order valence-electron chi connectivity index (χ4n) is 0.979. The molecule has 15 heavy (non-hydrogen) atoms. The van der Waals surface area contributed by atoms with Crippen molar-refractivity contribution in [2.75, 3.05) is 18.9 Å². The molecule has 0 saturated carbocycles. The summed E-state index contributed by atoms with van der Waals surface area (Å²) in [5.41, 5.74) is 6.21. The lowest BCUT2D eigenvalue weighted by atomic mass is 10.3. The van der Waals surface area contributed by atoms with E-state index < -0.39 is 5.97 Å². The Labute approximate surface area is 96.5 Å². The summed E-state index contributed by atoms with van der Waals surface area (Å²) in [6, 6.07) is 5.21. The van der Waals surface area contributed by atoms with Gasteiger partial charge in [0, 0.05) is 5.69 Å². The molecule has 0 aliphatic heterocycles. The second-order valence-electron chi connectivity index (χ2n) is 2.75. The molecule has 0 atom stereocenters. The number of rotatable bonds is 4. The fraction of sp³-hybridized carbons (Fsp3) is 0.300. The van der Waals surface area contributed by atoms with Gasteiger partial charge in [0.15, 0.2) is 6.61 Å². The van der Waals surface area contributed by atoms with E-state index in [4.69, 9.17) is 15.2 Å². The smallest absolute Gasteiger partial charge is 0.344 e. The average molecular weight is 274 g/mol. The van der Waals surface area contributed by atoms with Gasteiger partial charge in [0.1, 0.15) is 5.75 Å². The highest BCUT2D eigenvalue weighted by Crippen LogP contribution is 2.30. The Balaban J connectivity index is 2.58. The van der Waals surface area contributed by atoms with Crippen LogP contribution in [0.15, 0.2) is 22.7 Å². The van der Waals surface area contributed by atoms with Gasteiger partial charge in [-0.15, -0.1) is 0 Å². The SMILES string of the molecule is CCOC(=O)COc1cccc(N)c1Br. The molecule has 0 bridgehead atoms. The van der Waals surface area contributed by atoms with Gasteiger partial charge in [-0.05, 0) is 35.0 Å². The zero-order valence-corrected chi connectivity index (χ0v) is 9.91. The van der Waals surface area contributed by atoms with Crippen LogP contribution in [0, 0.1) is 0 Å².